The highest BCUT2D eigenvalue weighted by molar-refractivity contribution is 9.10. The van der Waals surface area contributed by atoms with Crippen LogP contribution in [0, 0.1) is 0 Å². The quantitative estimate of drug-likeness (QED) is 0.840. The molecule has 0 amide bonds. The van der Waals surface area contributed by atoms with E-state index in [4.69, 9.17) is 0 Å². The molecule has 1 aromatic carbocycles. The van der Waals surface area contributed by atoms with Gasteiger partial charge in [0, 0.05) is 18.6 Å². The van der Waals surface area contributed by atoms with Gasteiger partial charge >= 0.3 is 0 Å². The van der Waals surface area contributed by atoms with Crippen molar-refractivity contribution in [3.63, 3.8) is 0 Å². The summed E-state index contributed by atoms with van der Waals surface area (Å²) in [6.07, 6.45) is 1.55. The Morgan fingerprint density at radius 3 is 2.74 bits per heavy atom. The van der Waals surface area contributed by atoms with E-state index < -0.39 is 10.0 Å². The molecule has 0 saturated heterocycles. The molecule has 0 aliphatic carbocycles. The Bertz CT molecular complexity index is 684. The molecule has 19 heavy (non-hydrogen) atoms. The minimum atomic E-state index is -3.52. The number of sulfonamides is 1. The second kappa shape index (κ2) is 5.40. The van der Waals surface area contributed by atoms with Crippen LogP contribution in [0.4, 0.5) is 0 Å². The van der Waals surface area contributed by atoms with Gasteiger partial charge in [0.25, 0.3) is 0 Å². The van der Waals surface area contributed by atoms with E-state index in [1.807, 2.05) is 0 Å². The zero-order valence-electron chi connectivity index (χ0n) is 10.5. The van der Waals surface area contributed by atoms with E-state index in [0.717, 1.165) is 4.47 Å². The summed E-state index contributed by atoms with van der Waals surface area (Å²) in [6, 6.07) is 6.60. The topological polar surface area (TPSA) is 68.1 Å². The Morgan fingerprint density at radius 1 is 1.42 bits per heavy atom. The monoisotopic (exact) mass is 344 g/mol. The molecule has 8 heteroatoms. The highest BCUT2D eigenvalue weighted by Gasteiger charge is 2.21. The molecule has 1 aromatic heterocycles. The third-order valence-electron chi connectivity index (χ3n) is 2.54. The van der Waals surface area contributed by atoms with Crippen molar-refractivity contribution in [1.29, 1.82) is 0 Å². The van der Waals surface area contributed by atoms with E-state index in [9.17, 15) is 8.42 Å². The standard InChI is InChI=1S/C11H13BrN4O2S/c1-15(8-10-7-13-16(2)14-10)19(17,18)11-5-3-4-9(12)6-11/h3-7H,8H2,1-2H3. The van der Waals surface area contributed by atoms with E-state index >= 15 is 0 Å². The van der Waals surface area contributed by atoms with Crippen molar-refractivity contribution >= 4 is 26.0 Å². The smallest absolute Gasteiger partial charge is 0.207 e. The van der Waals surface area contributed by atoms with Crippen molar-refractivity contribution in [2.24, 2.45) is 7.05 Å². The number of benzene rings is 1. The van der Waals surface area contributed by atoms with Gasteiger partial charge in [-0.15, -0.1) is 0 Å². The van der Waals surface area contributed by atoms with Crippen molar-refractivity contribution in [3.8, 4) is 0 Å². The molecule has 0 bridgehead atoms. The average molecular weight is 345 g/mol. The Kier molecular flexibility index (Phi) is 4.02. The Morgan fingerprint density at radius 2 is 2.16 bits per heavy atom. The number of rotatable bonds is 4. The minimum absolute atomic E-state index is 0.183. The fourth-order valence-corrected chi connectivity index (χ4v) is 3.32. The molecule has 0 N–H and O–H groups in total. The first-order valence-corrected chi connectivity index (χ1v) is 7.70. The molecule has 2 rings (SSSR count). The molecule has 0 radical (unpaired) electrons. The number of halogens is 1. The third kappa shape index (κ3) is 3.20. The van der Waals surface area contributed by atoms with E-state index in [2.05, 4.69) is 26.1 Å². The lowest BCUT2D eigenvalue weighted by Crippen LogP contribution is -2.26. The lowest BCUT2D eigenvalue weighted by molar-refractivity contribution is 0.459. The van der Waals surface area contributed by atoms with Crippen LogP contribution in [0.25, 0.3) is 0 Å². The van der Waals surface area contributed by atoms with Crippen LogP contribution >= 0.6 is 15.9 Å². The Hall–Kier alpha value is -1.25. The van der Waals surface area contributed by atoms with Gasteiger partial charge in [-0.1, -0.05) is 22.0 Å². The fraction of sp³-hybridized carbons (Fsp3) is 0.273. The summed E-state index contributed by atoms with van der Waals surface area (Å²) in [6.45, 7) is 0.183. The van der Waals surface area contributed by atoms with Crippen LogP contribution in [0.1, 0.15) is 5.69 Å². The fourth-order valence-electron chi connectivity index (χ4n) is 1.58. The largest absolute Gasteiger partial charge is 0.243 e. The highest BCUT2D eigenvalue weighted by Crippen LogP contribution is 2.19. The van der Waals surface area contributed by atoms with Gasteiger partial charge in [0.2, 0.25) is 10.0 Å². The first kappa shape index (κ1) is 14.2. The molecule has 6 nitrogen and oxygen atoms in total. The molecule has 102 valence electrons. The molecule has 0 atom stereocenters. The predicted octanol–water partition coefficient (Wildman–Crippen LogP) is 1.40. The second-order valence-electron chi connectivity index (χ2n) is 4.04. The second-order valence-corrected chi connectivity index (χ2v) is 7.00. The molecule has 2 aromatic rings. The van der Waals surface area contributed by atoms with Crippen molar-refractivity contribution in [3.05, 3.63) is 40.6 Å². The highest BCUT2D eigenvalue weighted by atomic mass is 79.9. The maximum Gasteiger partial charge on any atom is 0.243 e. The van der Waals surface area contributed by atoms with Gasteiger partial charge < -0.3 is 0 Å². The molecule has 1 heterocycles. The normalized spacial score (nSPS) is 12.0. The SMILES string of the molecule is CN(Cc1cnn(C)n1)S(=O)(=O)c1cccc(Br)c1. The van der Waals surface area contributed by atoms with E-state index in [1.54, 1.807) is 37.5 Å². The summed E-state index contributed by atoms with van der Waals surface area (Å²) in [4.78, 5) is 1.64. The lowest BCUT2D eigenvalue weighted by Gasteiger charge is -2.15. The number of aromatic nitrogens is 3. The number of hydrogen-bond acceptors (Lipinski definition) is 4. The van der Waals surface area contributed by atoms with Gasteiger partial charge in [-0.3, -0.25) is 0 Å². The van der Waals surface area contributed by atoms with Crippen LogP contribution < -0.4 is 0 Å². The van der Waals surface area contributed by atoms with Crippen molar-refractivity contribution in [2.45, 2.75) is 11.4 Å². The summed E-state index contributed by atoms with van der Waals surface area (Å²) >= 11 is 3.27. The zero-order valence-corrected chi connectivity index (χ0v) is 12.9. The lowest BCUT2D eigenvalue weighted by atomic mass is 10.4. The summed E-state index contributed by atoms with van der Waals surface area (Å²) < 4.78 is 26.7. The van der Waals surface area contributed by atoms with Crippen molar-refractivity contribution < 1.29 is 8.42 Å². The summed E-state index contributed by atoms with van der Waals surface area (Å²) in [5.74, 6) is 0. The molecule has 0 aliphatic rings. The van der Waals surface area contributed by atoms with Crippen molar-refractivity contribution in [1.82, 2.24) is 19.3 Å². The van der Waals surface area contributed by atoms with Gasteiger partial charge in [-0.2, -0.15) is 19.3 Å². The predicted molar refractivity (Wildman–Crippen MR) is 73.8 cm³/mol. The first-order valence-electron chi connectivity index (χ1n) is 5.47. The Labute approximate surface area is 120 Å². The van der Waals surface area contributed by atoms with E-state index in [-0.39, 0.29) is 11.4 Å². The van der Waals surface area contributed by atoms with E-state index in [0.29, 0.717) is 5.69 Å². The van der Waals surface area contributed by atoms with E-state index in [1.165, 1.54) is 16.1 Å². The van der Waals surface area contributed by atoms with Gasteiger partial charge in [-0.25, -0.2) is 8.42 Å². The van der Waals surface area contributed by atoms with Crippen LogP contribution in [0.3, 0.4) is 0 Å². The first-order chi connectivity index (χ1) is 8.89. The van der Waals surface area contributed by atoms with Crippen LogP contribution in [0.15, 0.2) is 39.8 Å². The molecule has 0 spiro atoms. The number of nitrogens with zero attached hydrogens (tertiary/aromatic N) is 4. The van der Waals surface area contributed by atoms with Crippen LogP contribution in [-0.2, 0) is 23.6 Å². The summed E-state index contributed by atoms with van der Waals surface area (Å²) in [7, 11) is -0.319. The number of aryl methyl sites for hydroxylation is 1. The van der Waals surface area contributed by atoms with Crippen LogP contribution in [0.5, 0.6) is 0 Å². The van der Waals surface area contributed by atoms with Gasteiger partial charge in [0.05, 0.1) is 23.3 Å². The zero-order chi connectivity index (χ0) is 14.0. The molecule has 0 aliphatic heterocycles. The van der Waals surface area contributed by atoms with Crippen molar-refractivity contribution in [2.75, 3.05) is 7.05 Å². The summed E-state index contributed by atoms with van der Waals surface area (Å²) in [5, 5.41) is 7.98. The molecule has 0 fully saturated rings. The maximum absolute atomic E-state index is 12.3. The molecule has 0 saturated carbocycles. The molecular weight excluding hydrogens is 332 g/mol. The average Bonchev–Trinajstić information content (AvgIpc) is 2.74. The van der Waals surface area contributed by atoms with Crippen LogP contribution in [-0.4, -0.2) is 34.8 Å². The van der Waals surface area contributed by atoms with Crippen LogP contribution in [0.2, 0.25) is 0 Å². The van der Waals surface area contributed by atoms with Gasteiger partial charge in [-0.05, 0) is 18.2 Å². The van der Waals surface area contributed by atoms with Gasteiger partial charge in [0.15, 0.2) is 0 Å². The summed E-state index contributed by atoms with van der Waals surface area (Å²) in [5.41, 5.74) is 0.601. The molecular formula is C11H13BrN4O2S. The number of hydrogen-bond donors (Lipinski definition) is 0. The van der Waals surface area contributed by atoms with Gasteiger partial charge in [0.1, 0.15) is 0 Å². The molecule has 0 unspecified atom stereocenters. The third-order valence-corrected chi connectivity index (χ3v) is 4.83. The maximum atomic E-state index is 12.3. The Balaban J connectivity index is 2.24. The minimum Gasteiger partial charge on any atom is -0.207 e.